The van der Waals surface area contributed by atoms with Gasteiger partial charge in [0.2, 0.25) is 0 Å². The van der Waals surface area contributed by atoms with Gasteiger partial charge in [-0.05, 0) is 43.5 Å². The zero-order valence-electron chi connectivity index (χ0n) is 11.9. The number of fused-ring (bicyclic) bond motifs is 3. The van der Waals surface area contributed by atoms with Crippen LogP contribution < -0.4 is 4.74 Å². The Balaban J connectivity index is 1.97. The van der Waals surface area contributed by atoms with E-state index in [1.807, 2.05) is 13.0 Å². The number of halogens is 1. The number of phenols is 1. The normalized spacial score (nSPS) is 20.4. The number of allylic oxidation sites excluding steroid dienone is 1. The highest BCUT2D eigenvalue weighted by molar-refractivity contribution is 6.32. The third kappa shape index (κ3) is 2.60. The maximum absolute atomic E-state index is 12.3. The monoisotopic (exact) mass is 307 g/mol. The minimum Gasteiger partial charge on any atom is -0.503 e. The van der Waals surface area contributed by atoms with Crippen LogP contribution in [0.5, 0.6) is 11.5 Å². The highest BCUT2D eigenvalue weighted by Gasteiger charge is 2.36. The van der Waals surface area contributed by atoms with E-state index in [-0.39, 0.29) is 22.5 Å². The summed E-state index contributed by atoms with van der Waals surface area (Å²) in [6.07, 6.45) is 3.76. The second-order valence-corrected chi connectivity index (χ2v) is 5.84. The zero-order valence-corrected chi connectivity index (χ0v) is 12.7. The van der Waals surface area contributed by atoms with Crippen LogP contribution in [0.4, 0.5) is 0 Å². The number of carbonyl (C=O) groups excluding carboxylic acids is 1. The molecule has 2 bridgehead atoms. The van der Waals surface area contributed by atoms with Crippen LogP contribution in [0, 0.1) is 5.92 Å². The predicted molar refractivity (Wildman–Crippen MR) is 81.6 cm³/mol. The molecule has 3 fully saturated rings. The van der Waals surface area contributed by atoms with E-state index < -0.39 is 0 Å². The zero-order chi connectivity index (χ0) is 15.0. The molecule has 3 aliphatic heterocycles. The van der Waals surface area contributed by atoms with Crippen LogP contribution in [0.1, 0.15) is 25.3 Å². The first-order chi connectivity index (χ1) is 10.1. The number of piperidine rings is 3. The fourth-order valence-corrected chi connectivity index (χ4v) is 3.23. The fourth-order valence-electron chi connectivity index (χ4n) is 3.01. The lowest BCUT2D eigenvalue weighted by molar-refractivity contribution is -0.125. The topological polar surface area (TPSA) is 49.8 Å². The van der Waals surface area contributed by atoms with Crippen LogP contribution in [0.25, 0.3) is 6.08 Å². The first-order valence-electron chi connectivity index (χ1n) is 7.26. The van der Waals surface area contributed by atoms with Crippen molar-refractivity contribution in [3.63, 3.8) is 0 Å². The number of phenolic OH excluding ortho intramolecular Hbond substituents is 1. The number of hydrogen-bond acceptors (Lipinski definition) is 4. The Bertz CT molecular complexity index is 604. The molecular weight excluding hydrogens is 290 g/mol. The van der Waals surface area contributed by atoms with Crippen LogP contribution in [0.2, 0.25) is 5.02 Å². The molecule has 1 aromatic carbocycles. The van der Waals surface area contributed by atoms with E-state index in [4.69, 9.17) is 16.3 Å². The van der Waals surface area contributed by atoms with E-state index in [0.29, 0.717) is 12.4 Å². The van der Waals surface area contributed by atoms with Crippen molar-refractivity contribution >= 4 is 23.5 Å². The minimum absolute atomic E-state index is 0.0579. The Labute approximate surface area is 129 Å². The molecule has 4 rings (SSSR count). The van der Waals surface area contributed by atoms with Gasteiger partial charge in [0.15, 0.2) is 17.3 Å². The summed E-state index contributed by atoms with van der Waals surface area (Å²) >= 11 is 6.03. The summed E-state index contributed by atoms with van der Waals surface area (Å²) in [6.45, 7) is 4.16. The molecule has 112 valence electrons. The Morgan fingerprint density at radius 1 is 1.43 bits per heavy atom. The van der Waals surface area contributed by atoms with Gasteiger partial charge < -0.3 is 14.7 Å². The average Bonchev–Trinajstić information content (AvgIpc) is 2.48. The average molecular weight is 308 g/mol. The maximum Gasteiger partial charge on any atom is 0.182 e. The van der Waals surface area contributed by atoms with Gasteiger partial charge in [-0.3, -0.25) is 4.79 Å². The number of ketones is 1. The number of rotatable bonds is 3. The van der Waals surface area contributed by atoms with Crippen LogP contribution in [0.15, 0.2) is 17.8 Å². The van der Waals surface area contributed by atoms with Crippen LogP contribution in [-0.2, 0) is 4.79 Å². The highest BCUT2D eigenvalue weighted by Crippen LogP contribution is 2.37. The second-order valence-electron chi connectivity index (χ2n) is 5.44. The Hall–Kier alpha value is -1.68. The second kappa shape index (κ2) is 5.60. The molecular formula is C16H18ClNO3. The molecule has 0 spiro atoms. The molecule has 0 amide bonds. The van der Waals surface area contributed by atoms with E-state index in [1.165, 1.54) is 0 Å². The van der Waals surface area contributed by atoms with E-state index in [9.17, 15) is 9.90 Å². The van der Waals surface area contributed by atoms with Gasteiger partial charge in [-0.1, -0.05) is 11.6 Å². The molecule has 0 aliphatic carbocycles. The third-order valence-electron chi connectivity index (χ3n) is 4.11. The van der Waals surface area contributed by atoms with Crippen molar-refractivity contribution in [2.75, 3.05) is 19.7 Å². The fraction of sp³-hybridized carbons (Fsp3) is 0.438. The van der Waals surface area contributed by atoms with E-state index in [1.54, 1.807) is 12.1 Å². The first kappa shape index (κ1) is 14.3. The lowest BCUT2D eigenvalue weighted by Crippen LogP contribution is -2.45. The number of aromatic hydroxyl groups is 1. The largest absolute Gasteiger partial charge is 0.503 e. The van der Waals surface area contributed by atoms with Crippen molar-refractivity contribution in [3.05, 3.63) is 28.4 Å². The number of benzene rings is 1. The molecule has 5 heteroatoms. The number of carbonyl (C=O) groups is 1. The molecule has 3 aliphatic rings. The molecule has 21 heavy (non-hydrogen) atoms. The van der Waals surface area contributed by atoms with Gasteiger partial charge in [0, 0.05) is 19.0 Å². The van der Waals surface area contributed by atoms with Crippen molar-refractivity contribution < 1.29 is 14.6 Å². The quantitative estimate of drug-likeness (QED) is 0.872. The van der Waals surface area contributed by atoms with Crippen LogP contribution >= 0.6 is 11.6 Å². The van der Waals surface area contributed by atoms with Gasteiger partial charge in [-0.25, -0.2) is 0 Å². The number of hydrogen-bond donors (Lipinski definition) is 1. The van der Waals surface area contributed by atoms with Crippen LogP contribution in [-0.4, -0.2) is 35.5 Å². The number of ether oxygens (including phenoxy) is 1. The molecule has 4 nitrogen and oxygen atoms in total. The Morgan fingerprint density at radius 3 is 2.76 bits per heavy atom. The van der Waals surface area contributed by atoms with E-state index in [0.717, 1.165) is 37.2 Å². The van der Waals surface area contributed by atoms with Gasteiger partial charge in [0.25, 0.3) is 0 Å². The van der Waals surface area contributed by atoms with Crippen LogP contribution in [0.3, 0.4) is 0 Å². The number of nitrogens with zero attached hydrogens (tertiary/aromatic N) is 1. The molecule has 0 radical (unpaired) electrons. The van der Waals surface area contributed by atoms with Crippen molar-refractivity contribution in [3.8, 4) is 11.5 Å². The van der Waals surface area contributed by atoms with Crippen molar-refractivity contribution in [2.45, 2.75) is 19.8 Å². The van der Waals surface area contributed by atoms with Crippen molar-refractivity contribution in [2.24, 2.45) is 5.92 Å². The minimum atomic E-state index is -0.0579. The highest BCUT2D eigenvalue weighted by atomic mass is 35.5. The SMILES string of the molecule is CCOc1cc(/C=C2/C(=O)C3CCN2CC3)cc(Cl)c1O. The van der Waals surface area contributed by atoms with E-state index in [2.05, 4.69) is 4.90 Å². The third-order valence-corrected chi connectivity index (χ3v) is 4.40. The molecule has 3 heterocycles. The van der Waals surface area contributed by atoms with Gasteiger partial charge in [-0.15, -0.1) is 0 Å². The summed E-state index contributed by atoms with van der Waals surface area (Å²) in [6, 6.07) is 3.37. The lowest BCUT2D eigenvalue weighted by Gasteiger charge is -2.41. The molecule has 1 N–H and O–H groups in total. The summed E-state index contributed by atoms with van der Waals surface area (Å²) in [4.78, 5) is 14.5. The summed E-state index contributed by atoms with van der Waals surface area (Å²) in [5.74, 6) is 0.674. The standard InChI is InChI=1S/C16H18ClNO3/c1-2-21-14-9-10(7-12(17)16(14)20)8-13-15(19)11-3-5-18(13)6-4-11/h7-9,11,20H,2-6H2,1H3/b13-8-. The molecule has 0 unspecified atom stereocenters. The predicted octanol–water partition coefficient (Wildman–Crippen LogP) is 3.08. The summed E-state index contributed by atoms with van der Waals surface area (Å²) in [5.41, 5.74) is 1.53. The van der Waals surface area contributed by atoms with E-state index >= 15 is 0 Å². The van der Waals surface area contributed by atoms with Gasteiger partial charge in [0.05, 0.1) is 17.3 Å². The van der Waals surface area contributed by atoms with Crippen molar-refractivity contribution in [1.82, 2.24) is 4.90 Å². The number of Topliss-reactive ketones (excluding diaryl/α,β-unsaturated/α-hetero) is 1. The summed E-state index contributed by atoms with van der Waals surface area (Å²) < 4.78 is 5.37. The van der Waals surface area contributed by atoms with Gasteiger partial charge >= 0.3 is 0 Å². The Kier molecular flexibility index (Phi) is 3.81. The van der Waals surface area contributed by atoms with Gasteiger partial charge in [0.1, 0.15) is 0 Å². The van der Waals surface area contributed by atoms with Crippen molar-refractivity contribution in [1.29, 1.82) is 0 Å². The Morgan fingerprint density at radius 2 is 2.14 bits per heavy atom. The molecule has 0 aromatic heterocycles. The molecule has 0 atom stereocenters. The lowest BCUT2D eigenvalue weighted by atomic mass is 9.84. The molecule has 1 aromatic rings. The molecule has 3 saturated heterocycles. The first-order valence-corrected chi connectivity index (χ1v) is 7.64. The summed E-state index contributed by atoms with van der Waals surface area (Å²) in [5, 5.41) is 10.1. The maximum atomic E-state index is 12.3. The smallest absolute Gasteiger partial charge is 0.182 e. The van der Waals surface area contributed by atoms with Gasteiger partial charge in [-0.2, -0.15) is 0 Å². The molecule has 0 saturated carbocycles. The summed E-state index contributed by atoms with van der Waals surface area (Å²) in [7, 11) is 0.